The Bertz CT molecular complexity index is 1020. The summed E-state index contributed by atoms with van der Waals surface area (Å²) < 4.78 is 39.0. The second-order valence-electron chi connectivity index (χ2n) is 10.00. The van der Waals surface area contributed by atoms with Crippen LogP contribution in [0, 0.1) is 23.2 Å². The van der Waals surface area contributed by atoms with E-state index in [1.807, 2.05) is 0 Å². The van der Waals surface area contributed by atoms with Gasteiger partial charge >= 0.3 is 6.18 Å². The van der Waals surface area contributed by atoms with Gasteiger partial charge < -0.3 is 5.32 Å². The molecule has 3 nitrogen and oxygen atoms in total. The molecule has 0 radical (unpaired) electrons. The van der Waals surface area contributed by atoms with Gasteiger partial charge in [0.1, 0.15) is 0 Å². The second kappa shape index (κ2) is 7.75. The number of benzene rings is 2. The van der Waals surface area contributed by atoms with Crippen molar-refractivity contribution in [3.8, 4) is 0 Å². The fourth-order valence-electron chi connectivity index (χ4n) is 6.62. The first kappa shape index (κ1) is 21.2. The van der Waals surface area contributed by atoms with E-state index in [4.69, 9.17) is 0 Å². The van der Waals surface area contributed by atoms with E-state index >= 15 is 0 Å². The van der Waals surface area contributed by atoms with E-state index in [1.54, 1.807) is 24.3 Å². The van der Waals surface area contributed by atoms with Crippen molar-refractivity contribution >= 4 is 17.4 Å². The molecule has 0 saturated heterocycles. The Kier molecular flexibility index (Phi) is 5.14. The van der Waals surface area contributed by atoms with Crippen molar-refractivity contribution in [1.82, 2.24) is 0 Å². The Labute approximate surface area is 185 Å². The molecular formula is C26H26F3NO2. The smallest absolute Gasteiger partial charge is 0.325 e. The Morgan fingerprint density at radius 3 is 2.16 bits per heavy atom. The molecule has 0 aliphatic heterocycles. The molecule has 1 N–H and O–H groups in total. The molecule has 1 amide bonds. The van der Waals surface area contributed by atoms with E-state index in [1.165, 1.54) is 31.4 Å². The molecule has 0 spiro atoms. The third kappa shape index (κ3) is 3.96. The number of nitrogens with one attached hydrogen (secondary N) is 1. The van der Waals surface area contributed by atoms with Crippen LogP contribution < -0.4 is 5.32 Å². The molecule has 6 heteroatoms. The van der Waals surface area contributed by atoms with E-state index in [-0.39, 0.29) is 23.5 Å². The van der Waals surface area contributed by atoms with Gasteiger partial charge in [0.05, 0.1) is 16.7 Å². The van der Waals surface area contributed by atoms with Crippen LogP contribution in [-0.2, 0) is 17.4 Å². The maximum absolute atomic E-state index is 13.4. The highest BCUT2D eigenvalue weighted by Gasteiger charge is 2.54. The number of amides is 1. The molecule has 0 heterocycles. The lowest BCUT2D eigenvalue weighted by atomic mass is 9.49. The molecule has 0 aromatic heterocycles. The Hall–Kier alpha value is -2.63. The number of hydrogen-bond acceptors (Lipinski definition) is 2. The SMILES string of the molecule is O=C(Cc1cccc(C(F)(F)F)c1)c1ccccc1NC(=O)C12CC3CC(CC(C3)C1)C2. The monoisotopic (exact) mass is 441 g/mol. The minimum atomic E-state index is -4.46. The maximum Gasteiger partial charge on any atom is 0.416 e. The molecule has 4 fully saturated rings. The summed E-state index contributed by atoms with van der Waals surface area (Å²) in [4.78, 5) is 26.4. The topological polar surface area (TPSA) is 46.2 Å². The van der Waals surface area contributed by atoms with E-state index in [0.29, 0.717) is 34.6 Å². The third-order valence-corrected chi connectivity index (χ3v) is 7.61. The Morgan fingerprint density at radius 1 is 0.906 bits per heavy atom. The molecule has 32 heavy (non-hydrogen) atoms. The largest absolute Gasteiger partial charge is 0.416 e. The van der Waals surface area contributed by atoms with Crippen LogP contribution in [0.3, 0.4) is 0 Å². The number of halogens is 3. The standard InChI is InChI=1S/C26H26F3NO2/c27-26(28,29)20-5-3-4-16(11-20)12-23(31)21-6-1-2-7-22(21)30-24(32)25-13-17-8-18(14-25)10-19(9-17)15-25/h1-7,11,17-19H,8-10,12-15H2,(H,30,32). The molecule has 4 saturated carbocycles. The zero-order valence-corrected chi connectivity index (χ0v) is 17.8. The maximum atomic E-state index is 13.4. The van der Waals surface area contributed by atoms with Gasteiger partial charge in [0.25, 0.3) is 0 Å². The van der Waals surface area contributed by atoms with Crippen LogP contribution in [0.4, 0.5) is 18.9 Å². The van der Waals surface area contributed by atoms with E-state index in [0.717, 1.165) is 31.4 Å². The summed E-state index contributed by atoms with van der Waals surface area (Å²) in [6.07, 6.45) is 1.86. The number of para-hydroxylation sites is 1. The van der Waals surface area contributed by atoms with Crippen LogP contribution in [0.2, 0.25) is 0 Å². The van der Waals surface area contributed by atoms with Crippen LogP contribution in [-0.4, -0.2) is 11.7 Å². The fourth-order valence-corrected chi connectivity index (χ4v) is 6.62. The average Bonchev–Trinajstić information content (AvgIpc) is 2.73. The molecule has 4 bridgehead atoms. The molecule has 0 atom stereocenters. The molecule has 2 aromatic rings. The number of Topliss-reactive ketones (excluding diaryl/α,β-unsaturated/α-hetero) is 1. The van der Waals surface area contributed by atoms with Crippen molar-refractivity contribution < 1.29 is 22.8 Å². The normalized spacial score (nSPS) is 28.5. The minimum Gasteiger partial charge on any atom is -0.325 e. The first-order chi connectivity index (χ1) is 15.2. The van der Waals surface area contributed by atoms with E-state index in [2.05, 4.69) is 5.32 Å². The number of hydrogen-bond donors (Lipinski definition) is 1. The number of carbonyl (C=O) groups is 2. The van der Waals surface area contributed by atoms with Crippen molar-refractivity contribution in [1.29, 1.82) is 0 Å². The number of rotatable bonds is 5. The van der Waals surface area contributed by atoms with Crippen molar-refractivity contribution in [2.24, 2.45) is 23.2 Å². The number of ketones is 1. The van der Waals surface area contributed by atoms with Gasteiger partial charge in [-0.2, -0.15) is 13.2 Å². The van der Waals surface area contributed by atoms with Crippen LogP contribution in [0.25, 0.3) is 0 Å². The molecule has 168 valence electrons. The van der Waals surface area contributed by atoms with Crippen LogP contribution in [0.15, 0.2) is 48.5 Å². The third-order valence-electron chi connectivity index (χ3n) is 7.61. The van der Waals surface area contributed by atoms with Gasteiger partial charge in [-0.15, -0.1) is 0 Å². The summed E-state index contributed by atoms with van der Waals surface area (Å²) in [7, 11) is 0. The fraction of sp³-hybridized carbons (Fsp3) is 0.462. The van der Waals surface area contributed by atoms with Crippen molar-refractivity contribution in [2.45, 2.75) is 51.1 Å². The van der Waals surface area contributed by atoms with Gasteiger partial charge in [0, 0.05) is 12.0 Å². The first-order valence-electron chi connectivity index (χ1n) is 11.3. The van der Waals surface area contributed by atoms with Gasteiger partial charge in [-0.3, -0.25) is 9.59 Å². The minimum absolute atomic E-state index is 0.00378. The molecule has 6 rings (SSSR count). The van der Waals surface area contributed by atoms with Crippen LogP contribution in [0.1, 0.15) is 60.0 Å². The van der Waals surface area contributed by atoms with Gasteiger partial charge in [-0.1, -0.05) is 30.3 Å². The molecule has 2 aromatic carbocycles. The van der Waals surface area contributed by atoms with Gasteiger partial charge in [-0.05, 0) is 80.0 Å². The summed E-state index contributed by atoms with van der Waals surface area (Å²) in [5.41, 5.74) is -0.0298. The summed E-state index contributed by atoms with van der Waals surface area (Å²) in [6.45, 7) is 0. The van der Waals surface area contributed by atoms with E-state index < -0.39 is 11.7 Å². The van der Waals surface area contributed by atoms with Crippen molar-refractivity contribution in [3.63, 3.8) is 0 Å². The lowest BCUT2D eigenvalue weighted by Gasteiger charge is -2.55. The second-order valence-corrected chi connectivity index (χ2v) is 10.00. The zero-order valence-electron chi connectivity index (χ0n) is 17.8. The lowest BCUT2D eigenvalue weighted by molar-refractivity contribution is -0.140. The molecule has 4 aliphatic rings. The molecule has 0 unspecified atom stereocenters. The summed E-state index contributed by atoms with van der Waals surface area (Å²) in [5.74, 6) is 1.57. The van der Waals surface area contributed by atoms with Gasteiger partial charge in [0.2, 0.25) is 5.91 Å². The predicted octanol–water partition coefficient (Wildman–Crippen LogP) is 6.29. The zero-order chi connectivity index (χ0) is 22.5. The van der Waals surface area contributed by atoms with Crippen LogP contribution in [0.5, 0.6) is 0 Å². The average molecular weight is 441 g/mol. The lowest BCUT2D eigenvalue weighted by Crippen LogP contribution is -2.51. The quantitative estimate of drug-likeness (QED) is 0.555. The Balaban J connectivity index is 1.34. The number of alkyl halides is 3. The highest BCUT2D eigenvalue weighted by molar-refractivity contribution is 6.06. The Morgan fingerprint density at radius 2 is 1.53 bits per heavy atom. The number of carbonyl (C=O) groups excluding carboxylic acids is 2. The highest BCUT2D eigenvalue weighted by Crippen LogP contribution is 2.60. The molecule has 4 aliphatic carbocycles. The summed E-state index contributed by atoms with van der Waals surface area (Å²) in [6, 6.07) is 11.6. The summed E-state index contributed by atoms with van der Waals surface area (Å²) >= 11 is 0. The first-order valence-corrected chi connectivity index (χ1v) is 11.3. The van der Waals surface area contributed by atoms with Gasteiger partial charge in [0.15, 0.2) is 5.78 Å². The summed E-state index contributed by atoms with van der Waals surface area (Å²) in [5, 5.41) is 3.03. The van der Waals surface area contributed by atoms with Crippen LogP contribution >= 0.6 is 0 Å². The highest BCUT2D eigenvalue weighted by atomic mass is 19.4. The predicted molar refractivity (Wildman–Crippen MR) is 115 cm³/mol. The van der Waals surface area contributed by atoms with Gasteiger partial charge in [-0.25, -0.2) is 0 Å². The van der Waals surface area contributed by atoms with E-state index in [9.17, 15) is 22.8 Å². The van der Waals surface area contributed by atoms with Crippen molar-refractivity contribution in [3.05, 3.63) is 65.2 Å². The van der Waals surface area contributed by atoms with Crippen molar-refractivity contribution in [2.75, 3.05) is 5.32 Å². The number of anilines is 1. The molecular weight excluding hydrogens is 415 g/mol.